The molecule has 0 saturated heterocycles. The predicted molar refractivity (Wildman–Crippen MR) is 83.9 cm³/mol. The Kier molecular flexibility index (Phi) is 3.93. The summed E-state index contributed by atoms with van der Waals surface area (Å²) in [5, 5.41) is 16.7. The lowest BCUT2D eigenvalue weighted by molar-refractivity contribution is 0.0819. The molecule has 1 saturated carbocycles. The maximum absolute atomic E-state index is 13.4. The van der Waals surface area contributed by atoms with Gasteiger partial charge in [-0.05, 0) is 56.9 Å². The zero-order valence-corrected chi connectivity index (χ0v) is 13.2. The van der Waals surface area contributed by atoms with Crippen molar-refractivity contribution in [3.05, 3.63) is 47.5 Å². The van der Waals surface area contributed by atoms with Gasteiger partial charge in [0.05, 0.1) is 17.8 Å². The Balaban J connectivity index is 1.84. The van der Waals surface area contributed by atoms with E-state index >= 15 is 0 Å². The molecule has 6 heteroatoms. The quantitative estimate of drug-likeness (QED) is 0.888. The lowest BCUT2D eigenvalue weighted by Crippen LogP contribution is -2.50. The second-order valence-electron chi connectivity index (χ2n) is 6.37. The summed E-state index contributed by atoms with van der Waals surface area (Å²) in [6.07, 6.45) is 2.02. The highest BCUT2D eigenvalue weighted by atomic mass is 19.1. The van der Waals surface area contributed by atoms with Crippen molar-refractivity contribution < 1.29 is 14.3 Å². The largest absolute Gasteiger partial charge is 0.394 e. The van der Waals surface area contributed by atoms with E-state index in [1.54, 1.807) is 25.1 Å². The Morgan fingerprint density at radius 3 is 2.83 bits per heavy atom. The molecule has 122 valence electrons. The van der Waals surface area contributed by atoms with Crippen molar-refractivity contribution in [2.75, 3.05) is 6.61 Å². The van der Waals surface area contributed by atoms with Crippen LogP contribution in [0, 0.1) is 18.7 Å². The summed E-state index contributed by atoms with van der Waals surface area (Å²) in [4.78, 5) is 12.4. The van der Waals surface area contributed by atoms with Gasteiger partial charge in [-0.25, -0.2) is 9.07 Å². The number of carbonyl (C=O) groups is 1. The van der Waals surface area contributed by atoms with E-state index in [1.165, 1.54) is 16.8 Å². The number of aliphatic hydroxyl groups is 1. The number of nitrogens with one attached hydrogen (secondary N) is 1. The fraction of sp³-hybridized carbons (Fsp3) is 0.412. The van der Waals surface area contributed by atoms with Crippen LogP contribution in [0.15, 0.2) is 30.3 Å². The number of rotatable bonds is 5. The highest BCUT2D eigenvalue weighted by molar-refractivity contribution is 5.93. The number of hydrogen-bond donors (Lipinski definition) is 2. The van der Waals surface area contributed by atoms with Gasteiger partial charge in [-0.1, -0.05) is 6.07 Å². The molecule has 1 heterocycles. The minimum atomic E-state index is -0.617. The summed E-state index contributed by atoms with van der Waals surface area (Å²) in [7, 11) is 0. The van der Waals surface area contributed by atoms with Crippen LogP contribution >= 0.6 is 0 Å². The van der Waals surface area contributed by atoms with Crippen LogP contribution in [0.3, 0.4) is 0 Å². The lowest BCUT2D eigenvalue weighted by Gasteiger charge is -2.28. The molecule has 1 aliphatic rings. The Bertz CT molecular complexity index is 739. The molecule has 0 radical (unpaired) electrons. The van der Waals surface area contributed by atoms with Crippen LogP contribution in [0.25, 0.3) is 5.69 Å². The molecular weight excluding hydrogens is 297 g/mol. The third kappa shape index (κ3) is 3.12. The van der Waals surface area contributed by atoms with Crippen LogP contribution in [0.5, 0.6) is 0 Å². The van der Waals surface area contributed by atoms with Crippen molar-refractivity contribution in [2.45, 2.75) is 32.2 Å². The number of halogens is 1. The molecule has 3 rings (SSSR count). The maximum atomic E-state index is 13.4. The predicted octanol–water partition coefficient (Wildman–Crippen LogP) is 2.21. The van der Waals surface area contributed by atoms with Crippen molar-refractivity contribution in [2.24, 2.45) is 5.92 Å². The van der Waals surface area contributed by atoms with Crippen molar-refractivity contribution >= 4 is 5.91 Å². The molecular formula is C17H20FN3O2. The van der Waals surface area contributed by atoms with Crippen LogP contribution in [0.2, 0.25) is 0 Å². The first-order chi connectivity index (χ1) is 10.9. The van der Waals surface area contributed by atoms with Gasteiger partial charge in [0.2, 0.25) is 0 Å². The standard InChI is InChI=1S/C17H20FN3O2/c1-11-8-15(16(23)19-17(2,10-22)12-6-7-12)20-21(11)14-5-3-4-13(18)9-14/h3-5,8-9,12,22H,6-7,10H2,1-2H3,(H,19,23). The monoisotopic (exact) mass is 317 g/mol. The van der Waals surface area contributed by atoms with Crippen LogP contribution in [0.4, 0.5) is 4.39 Å². The number of aliphatic hydroxyl groups excluding tert-OH is 1. The van der Waals surface area contributed by atoms with Gasteiger partial charge in [0.15, 0.2) is 5.69 Å². The number of carbonyl (C=O) groups excluding carboxylic acids is 1. The van der Waals surface area contributed by atoms with E-state index in [-0.39, 0.29) is 24.0 Å². The smallest absolute Gasteiger partial charge is 0.272 e. The molecule has 1 fully saturated rings. The minimum absolute atomic E-state index is 0.104. The lowest BCUT2D eigenvalue weighted by atomic mass is 9.97. The zero-order chi connectivity index (χ0) is 16.6. The Labute approximate surface area is 134 Å². The van der Waals surface area contributed by atoms with Crippen molar-refractivity contribution in [1.82, 2.24) is 15.1 Å². The molecule has 0 bridgehead atoms. The summed E-state index contributed by atoms with van der Waals surface area (Å²) in [6.45, 7) is 3.55. The van der Waals surface area contributed by atoms with Gasteiger partial charge < -0.3 is 10.4 Å². The molecule has 1 aromatic carbocycles. The Morgan fingerprint density at radius 2 is 2.22 bits per heavy atom. The maximum Gasteiger partial charge on any atom is 0.272 e. The van der Waals surface area contributed by atoms with Gasteiger partial charge in [0.25, 0.3) is 5.91 Å². The summed E-state index contributed by atoms with van der Waals surface area (Å²) in [6, 6.07) is 7.71. The fourth-order valence-electron chi connectivity index (χ4n) is 2.77. The average Bonchev–Trinajstić information content (AvgIpc) is 3.30. The SMILES string of the molecule is Cc1cc(C(=O)NC(C)(CO)C2CC2)nn1-c1cccc(F)c1. The fourth-order valence-corrected chi connectivity index (χ4v) is 2.77. The number of aromatic nitrogens is 2. The number of aryl methyl sites for hydroxylation is 1. The molecule has 0 spiro atoms. The molecule has 1 aromatic heterocycles. The Hall–Kier alpha value is -2.21. The number of hydrogen-bond acceptors (Lipinski definition) is 3. The topological polar surface area (TPSA) is 67.2 Å². The molecule has 1 aliphatic carbocycles. The van der Waals surface area contributed by atoms with E-state index in [4.69, 9.17) is 0 Å². The third-order valence-corrected chi connectivity index (χ3v) is 4.38. The zero-order valence-electron chi connectivity index (χ0n) is 13.2. The first-order valence-corrected chi connectivity index (χ1v) is 7.69. The van der Waals surface area contributed by atoms with Crippen molar-refractivity contribution in [3.8, 4) is 5.69 Å². The molecule has 1 unspecified atom stereocenters. The highest BCUT2D eigenvalue weighted by Crippen LogP contribution is 2.39. The Morgan fingerprint density at radius 1 is 1.48 bits per heavy atom. The van der Waals surface area contributed by atoms with E-state index in [2.05, 4.69) is 10.4 Å². The van der Waals surface area contributed by atoms with Crippen molar-refractivity contribution in [1.29, 1.82) is 0 Å². The second-order valence-corrected chi connectivity index (χ2v) is 6.37. The van der Waals surface area contributed by atoms with Crippen molar-refractivity contribution in [3.63, 3.8) is 0 Å². The molecule has 0 aliphatic heterocycles. The summed E-state index contributed by atoms with van der Waals surface area (Å²) < 4.78 is 14.9. The molecule has 2 aromatic rings. The number of nitrogens with zero attached hydrogens (tertiary/aromatic N) is 2. The van der Waals surface area contributed by atoms with E-state index in [0.717, 1.165) is 18.5 Å². The van der Waals surface area contributed by atoms with Gasteiger partial charge in [-0.15, -0.1) is 0 Å². The van der Waals surface area contributed by atoms with Crippen LogP contribution < -0.4 is 5.32 Å². The molecule has 1 atom stereocenters. The highest BCUT2D eigenvalue weighted by Gasteiger charge is 2.42. The summed E-state index contributed by atoms with van der Waals surface area (Å²) in [5.74, 6) is -0.375. The van der Waals surface area contributed by atoms with E-state index in [1.807, 2.05) is 6.92 Å². The minimum Gasteiger partial charge on any atom is -0.394 e. The van der Waals surface area contributed by atoms with Crippen LogP contribution in [-0.4, -0.2) is 32.9 Å². The first kappa shape index (κ1) is 15.7. The number of benzene rings is 1. The molecule has 1 amide bonds. The second kappa shape index (κ2) is 5.77. The normalized spacial score (nSPS) is 16.9. The summed E-state index contributed by atoms with van der Waals surface area (Å²) in [5.41, 5.74) is 0.937. The third-order valence-electron chi connectivity index (χ3n) is 4.38. The van der Waals surface area contributed by atoms with E-state index < -0.39 is 5.54 Å². The molecule has 23 heavy (non-hydrogen) atoms. The van der Waals surface area contributed by atoms with Gasteiger partial charge in [0, 0.05) is 5.69 Å². The van der Waals surface area contributed by atoms with Gasteiger partial charge >= 0.3 is 0 Å². The van der Waals surface area contributed by atoms with Crippen LogP contribution in [-0.2, 0) is 0 Å². The van der Waals surface area contributed by atoms with Gasteiger partial charge in [-0.3, -0.25) is 4.79 Å². The average molecular weight is 317 g/mol. The molecule has 2 N–H and O–H groups in total. The number of amides is 1. The van der Waals surface area contributed by atoms with E-state index in [0.29, 0.717) is 11.6 Å². The van der Waals surface area contributed by atoms with E-state index in [9.17, 15) is 14.3 Å². The van der Waals surface area contributed by atoms with Crippen LogP contribution in [0.1, 0.15) is 35.9 Å². The first-order valence-electron chi connectivity index (χ1n) is 7.69. The van der Waals surface area contributed by atoms with Gasteiger partial charge in [0.1, 0.15) is 5.82 Å². The summed E-state index contributed by atoms with van der Waals surface area (Å²) >= 11 is 0. The molecule has 5 nitrogen and oxygen atoms in total. The van der Waals surface area contributed by atoms with Gasteiger partial charge in [-0.2, -0.15) is 5.10 Å².